The minimum atomic E-state index is -0.616. The summed E-state index contributed by atoms with van der Waals surface area (Å²) < 4.78 is 13.4. The summed E-state index contributed by atoms with van der Waals surface area (Å²) in [5.74, 6) is 1.85. The number of para-hydroxylation sites is 2. The van der Waals surface area contributed by atoms with Crippen LogP contribution in [0, 0.1) is 0 Å². The van der Waals surface area contributed by atoms with Crippen molar-refractivity contribution in [1.29, 1.82) is 0 Å². The second-order valence-corrected chi connectivity index (χ2v) is 16.0. The van der Waals surface area contributed by atoms with E-state index in [1.807, 2.05) is 12.1 Å². The van der Waals surface area contributed by atoms with Crippen molar-refractivity contribution < 1.29 is 9.15 Å². The minimum Gasteiger partial charge on any atom is -0.456 e. The van der Waals surface area contributed by atoms with Gasteiger partial charge in [0.1, 0.15) is 22.7 Å². The van der Waals surface area contributed by atoms with Crippen molar-refractivity contribution >= 4 is 60.5 Å². The summed E-state index contributed by atoms with van der Waals surface area (Å²) in [6, 6.07) is 76.8. The maximum absolute atomic E-state index is 7.20. The Morgan fingerprint density at radius 2 is 0.933 bits per heavy atom. The summed E-state index contributed by atoms with van der Waals surface area (Å²) in [5.41, 5.74) is 14.1. The van der Waals surface area contributed by atoms with E-state index in [-0.39, 0.29) is 0 Å². The molecule has 11 aromatic rings. The number of ether oxygens (including phenoxy) is 1. The highest BCUT2D eigenvalue weighted by molar-refractivity contribution is 6.07. The Labute approximate surface area is 347 Å². The zero-order chi connectivity index (χ0) is 39.4. The average Bonchev–Trinajstić information content (AvgIpc) is 3.83. The summed E-state index contributed by atoms with van der Waals surface area (Å²) in [6.07, 6.45) is 0. The van der Waals surface area contributed by atoms with E-state index >= 15 is 0 Å². The Hall–Kier alpha value is -7.88. The Bertz CT molecular complexity index is 3460. The zero-order valence-corrected chi connectivity index (χ0v) is 32.5. The molecule has 2 aliphatic rings. The number of benzene rings is 10. The van der Waals surface area contributed by atoms with Crippen molar-refractivity contribution in [3.63, 3.8) is 0 Å². The lowest BCUT2D eigenvalue weighted by Crippen LogP contribution is -2.32. The van der Waals surface area contributed by atoms with Crippen molar-refractivity contribution in [2.75, 3.05) is 4.90 Å². The number of hydrogen-bond donors (Lipinski definition) is 0. The molecule has 280 valence electrons. The molecule has 0 bridgehead atoms. The van der Waals surface area contributed by atoms with Crippen molar-refractivity contribution in [1.82, 2.24) is 0 Å². The fourth-order valence-corrected chi connectivity index (χ4v) is 10.4. The molecule has 13 rings (SSSR count). The molecule has 0 saturated heterocycles. The molecule has 0 atom stereocenters. The van der Waals surface area contributed by atoms with Gasteiger partial charge >= 0.3 is 0 Å². The van der Waals surface area contributed by atoms with E-state index in [9.17, 15) is 0 Å². The van der Waals surface area contributed by atoms with Crippen LogP contribution in [0.15, 0.2) is 217 Å². The molecule has 1 aliphatic heterocycles. The van der Waals surface area contributed by atoms with E-state index in [1.54, 1.807) is 0 Å². The van der Waals surface area contributed by atoms with Gasteiger partial charge in [-0.15, -0.1) is 0 Å². The van der Waals surface area contributed by atoms with Crippen molar-refractivity contribution in [3.05, 3.63) is 235 Å². The molecule has 0 fully saturated rings. The van der Waals surface area contributed by atoms with Gasteiger partial charge in [-0.3, -0.25) is 0 Å². The molecule has 0 saturated carbocycles. The number of anilines is 3. The highest BCUT2D eigenvalue weighted by Gasteiger charge is 2.52. The first-order valence-electron chi connectivity index (χ1n) is 20.6. The monoisotopic (exact) mass is 765 g/mol. The molecular weight excluding hydrogens is 731 g/mol. The number of rotatable bonds is 4. The number of hydrogen-bond acceptors (Lipinski definition) is 3. The third kappa shape index (κ3) is 4.54. The van der Waals surface area contributed by atoms with Gasteiger partial charge in [-0.2, -0.15) is 0 Å². The van der Waals surface area contributed by atoms with Crippen molar-refractivity contribution in [2.24, 2.45) is 0 Å². The topological polar surface area (TPSA) is 25.6 Å². The van der Waals surface area contributed by atoms with E-state index in [0.29, 0.717) is 0 Å². The lowest BCUT2D eigenvalue weighted by atomic mass is 9.65. The Morgan fingerprint density at radius 3 is 1.72 bits per heavy atom. The SMILES string of the molecule is c1ccc(N(c2cccc(-c3cccc4c3-c3ccccc3C43c4ccc5ccccc5c4Oc4c3ccc3ccccc43)c2)c2ccc3oc4ccccc4c3c2)cc1. The van der Waals surface area contributed by atoms with Crippen LogP contribution in [0.5, 0.6) is 11.5 Å². The van der Waals surface area contributed by atoms with Crippen LogP contribution < -0.4 is 9.64 Å². The molecule has 1 spiro atoms. The van der Waals surface area contributed by atoms with Gasteiger partial charge in [0, 0.05) is 49.7 Å². The van der Waals surface area contributed by atoms with E-state index in [1.165, 1.54) is 38.9 Å². The van der Waals surface area contributed by atoms with Gasteiger partial charge in [-0.1, -0.05) is 164 Å². The quantitative estimate of drug-likeness (QED) is 0.178. The predicted octanol–water partition coefficient (Wildman–Crippen LogP) is 15.5. The highest BCUT2D eigenvalue weighted by atomic mass is 16.5. The van der Waals surface area contributed by atoms with Crippen LogP contribution >= 0.6 is 0 Å². The summed E-state index contributed by atoms with van der Waals surface area (Å²) in [7, 11) is 0. The first-order valence-corrected chi connectivity index (χ1v) is 20.6. The second kappa shape index (κ2) is 12.6. The molecule has 3 heteroatoms. The van der Waals surface area contributed by atoms with Crippen LogP contribution in [0.1, 0.15) is 22.3 Å². The average molecular weight is 766 g/mol. The summed E-state index contributed by atoms with van der Waals surface area (Å²) in [5, 5.41) is 6.77. The van der Waals surface area contributed by atoms with Crippen LogP contribution in [0.2, 0.25) is 0 Å². The first kappa shape index (κ1) is 33.1. The molecular formula is C57H35NO2. The lowest BCUT2D eigenvalue weighted by molar-refractivity contribution is 0.447. The maximum atomic E-state index is 7.20. The van der Waals surface area contributed by atoms with Crippen LogP contribution in [-0.4, -0.2) is 0 Å². The number of furan rings is 1. The molecule has 60 heavy (non-hydrogen) atoms. The standard InChI is InChI=1S/C57H35NO2/c1-2-17-39(18-3-1)58(41-30-33-53-47(35-41)45-22-9-11-27-52(45)59-53)40-19-12-16-38(34-40)42-24-13-26-49-54(42)46-23-8-10-25-48(46)57(49)50-31-28-36-14-4-6-20-43(36)55(50)60-56-44-21-7-5-15-37(44)29-32-51(56)57/h1-35H. The largest absolute Gasteiger partial charge is 0.456 e. The van der Waals surface area contributed by atoms with Crippen molar-refractivity contribution in [2.45, 2.75) is 5.41 Å². The zero-order valence-electron chi connectivity index (χ0n) is 32.5. The third-order valence-electron chi connectivity index (χ3n) is 12.9. The van der Waals surface area contributed by atoms with Crippen molar-refractivity contribution in [3.8, 4) is 33.8 Å². The van der Waals surface area contributed by atoms with Gasteiger partial charge in [0.25, 0.3) is 0 Å². The summed E-state index contributed by atoms with van der Waals surface area (Å²) in [4.78, 5) is 2.35. The van der Waals surface area contributed by atoms with Gasteiger partial charge < -0.3 is 14.1 Å². The Balaban J connectivity index is 1.06. The molecule has 0 N–H and O–H groups in total. The van der Waals surface area contributed by atoms with Crippen LogP contribution in [0.25, 0.3) is 65.7 Å². The fourth-order valence-electron chi connectivity index (χ4n) is 10.4. The molecule has 0 unspecified atom stereocenters. The fraction of sp³-hybridized carbons (Fsp3) is 0.0175. The molecule has 1 aromatic heterocycles. The van der Waals surface area contributed by atoms with E-state index in [0.717, 1.165) is 77.6 Å². The highest BCUT2D eigenvalue weighted by Crippen LogP contribution is 2.65. The molecule has 0 radical (unpaired) electrons. The van der Waals surface area contributed by atoms with E-state index in [4.69, 9.17) is 9.15 Å². The van der Waals surface area contributed by atoms with Gasteiger partial charge in [0.05, 0.1) is 5.41 Å². The first-order chi connectivity index (χ1) is 29.8. The van der Waals surface area contributed by atoms with Gasteiger partial charge in [-0.05, 0) is 92.7 Å². The molecule has 1 aliphatic carbocycles. The van der Waals surface area contributed by atoms with Crippen LogP contribution in [0.4, 0.5) is 17.1 Å². The summed E-state index contributed by atoms with van der Waals surface area (Å²) >= 11 is 0. The third-order valence-corrected chi connectivity index (χ3v) is 12.9. The number of fused-ring (bicyclic) bond motifs is 16. The Morgan fingerprint density at radius 1 is 0.350 bits per heavy atom. The summed E-state index contributed by atoms with van der Waals surface area (Å²) in [6.45, 7) is 0. The second-order valence-electron chi connectivity index (χ2n) is 16.0. The Kier molecular flexibility index (Phi) is 6.93. The van der Waals surface area contributed by atoms with Gasteiger partial charge in [0.15, 0.2) is 0 Å². The molecule has 10 aromatic carbocycles. The van der Waals surface area contributed by atoms with Gasteiger partial charge in [-0.25, -0.2) is 0 Å². The normalized spacial score (nSPS) is 13.3. The van der Waals surface area contributed by atoms with E-state index in [2.05, 4.69) is 205 Å². The number of nitrogens with zero attached hydrogens (tertiary/aromatic N) is 1. The molecule has 3 nitrogen and oxygen atoms in total. The van der Waals surface area contributed by atoms with Crippen LogP contribution in [-0.2, 0) is 5.41 Å². The van der Waals surface area contributed by atoms with E-state index < -0.39 is 5.41 Å². The maximum Gasteiger partial charge on any atom is 0.140 e. The lowest BCUT2D eigenvalue weighted by Gasteiger charge is -2.40. The molecule has 0 amide bonds. The predicted molar refractivity (Wildman–Crippen MR) is 246 cm³/mol. The van der Waals surface area contributed by atoms with Gasteiger partial charge in [0.2, 0.25) is 0 Å². The van der Waals surface area contributed by atoms with Crippen LogP contribution in [0.3, 0.4) is 0 Å². The molecule has 2 heterocycles. The smallest absolute Gasteiger partial charge is 0.140 e. The minimum absolute atomic E-state index is 0.616.